The van der Waals surface area contributed by atoms with Gasteiger partial charge in [-0.25, -0.2) is 0 Å². The molecule has 0 radical (unpaired) electrons. The van der Waals surface area contributed by atoms with Crippen LogP contribution in [0.5, 0.6) is 0 Å². The third-order valence-corrected chi connectivity index (χ3v) is 5.63. The predicted octanol–water partition coefficient (Wildman–Crippen LogP) is 4.83. The second-order valence-corrected chi connectivity index (χ2v) is 8.06. The Morgan fingerprint density at radius 3 is 2.94 bits per heavy atom. The zero-order valence-electron chi connectivity index (χ0n) is 10.7. The molecule has 1 fully saturated rings. The summed E-state index contributed by atoms with van der Waals surface area (Å²) in [6.45, 7) is 5.70. The van der Waals surface area contributed by atoms with Crippen molar-refractivity contribution in [3.05, 3.63) is 19.9 Å². The summed E-state index contributed by atoms with van der Waals surface area (Å²) in [5, 5.41) is 6.05. The van der Waals surface area contributed by atoms with E-state index in [9.17, 15) is 0 Å². The molecule has 0 saturated heterocycles. The first-order chi connectivity index (χ1) is 8.20. The van der Waals surface area contributed by atoms with Gasteiger partial charge < -0.3 is 5.32 Å². The van der Waals surface area contributed by atoms with Crippen LogP contribution in [0.4, 0.5) is 0 Å². The highest BCUT2D eigenvalue weighted by molar-refractivity contribution is 14.1. The van der Waals surface area contributed by atoms with Crippen LogP contribution < -0.4 is 5.32 Å². The number of nitrogens with one attached hydrogen (secondary N) is 1. The summed E-state index contributed by atoms with van der Waals surface area (Å²) >= 11 is 4.30. The molecule has 1 aliphatic carbocycles. The van der Waals surface area contributed by atoms with Crippen molar-refractivity contribution in [2.45, 2.75) is 45.6 Å². The molecule has 2 rings (SSSR count). The van der Waals surface area contributed by atoms with Crippen LogP contribution in [0, 0.1) is 14.7 Å². The normalized spacial score (nSPS) is 27.0. The third-order valence-electron chi connectivity index (χ3n) is 3.82. The lowest BCUT2D eigenvalue weighted by molar-refractivity contribution is 0.225. The maximum Gasteiger partial charge on any atom is 0.0656 e. The fraction of sp³-hybridized carbons (Fsp3) is 0.714. The van der Waals surface area contributed by atoms with Gasteiger partial charge in [-0.05, 0) is 70.8 Å². The van der Waals surface area contributed by atoms with Crippen LogP contribution in [-0.2, 0) is 0 Å². The fourth-order valence-corrected chi connectivity index (χ4v) is 4.46. The van der Waals surface area contributed by atoms with Crippen molar-refractivity contribution in [3.8, 4) is 0 Å². The van der Waals surface area contributed by atoms with E-state index in [4.69, 9.17) is 0 Å². The van der Waals surface area contributed by atoms with Gasteiger partial charge in [0, 0.05) is 6.04 Å². The zero-order valence-corrected chi connectivity index (χ0v) is 13.7. The summed E-state index contributed by atoms with van der Waals surface area (Å²) in [5.41, 5.74) is 1.51. The summed E-state index contributed by atoms with van der Waals surface area (Å²) in [6, 6.07) is 2.94. The molecule has 1 saturated carbocycles. The molecule has 17 heavy (non-hydrogen) atoms. The van der Waals surface area contributed by atoms with E-state index < -0.39 is 0 Å². The Kier molecular flexibility index (Phi) is 5.30. The molecule has 3 unspecified atom stereocenters. The van der Waals surface area contributed by atoms with E-state index in [2.05, 4.69) is 53.2 Å². The minimum Gasteiger partial charge on any atom is -0.310 e. The van der Waals surface area contributed by atoms with Gasteiger partial charge in [0.25, 0.3) is 0 Å². The lowest BCUT2D eigenvalue weighted by atomic mass is 9.77. The summed E-state index contributed by atoms with van der Waals surface area (Å²) in [5.74, 6) is 1.75. The van der Waals surface area contributed by atoms with Crippen LogP contribution in [-0.4, -0.2) is 6.54 Å². The van der Waals surface area contributed by atoms with E-state index >= 15 is 0 Å². The zero-order chi connectivity index (χ0) is 12.3. The number of hydrogen-bond acceptors (Lipinski definition) is 2. The molecule has 96 valence electrons. The molecule has 1 heterocycles. The minimum absolute atomic E-state index is 0.586. The van der Waals surface area contributed by atoms with E-state index in [0.29, 0.717) is 6.04 Å². The number of halogens is 1. The quantitative estimate of drug-likeness (QED) is 0.756. The smallest absolute Gasteiger partial charge is 0.0656 e. The molecule has 0 amide bonds. The average molecular weight is 363 g/mol. The van der Waals surface area contributed by atoms with E-state index in [-0.39, 0.29) is 0 Å². The van der Waals surface area contributed by atoms with Gasteiger partial charge in [0.2, 0.25) is 0 Å². The van der Waals surface area contributed by atoms with Gasteiger partial charge in [0.05, 0.1) is 2.88 Å². The molecule has 3 atom stereocenters. The molecule has 0 aliphatic heterocycles. The topological polar surface area (TPSA) is 12.0 Å². The Morgan fingerprint density at radius 1 is 1.53 bits per heavy atom. The number of thiophene rings is 1. The Morgan fingerprint density at radius 2 is 2.35 bits per heavy atom. The summed E-state index contributed by atoms with van der Waals surface area (Å²) < 4.78 is 1.41. The average Bonchev–Trinajstić information content (AvgIpc) is 2.72. The maximum absolute atomic E-state index is 3.71. The summed E-state index contributed by atoms with van der Waals surface area (Å²) in [6.07, 6.45) is 5.63. The van der Waals surface area contributed by atoms with E-state index in [1.165, 1.54) is 34.1 Å². The molecule has 0 bridgehead atoms. The second kappa shape index (κ2) is 6.53. The van der Waals surface area contributed by atoms with Gasteiger partial charge in [0.1, 0.15) is 0 Å². The molecule has 1 N–H and O–H groups in total. The van der Waals surface area contributed by atoms with Gasteiger partial charge in [0.15, 0.2) is 0 Å². The molecular weight excluding hydrogens is 341 g/mol. The molecule has 0 spiro atoms. The van der Waals surface area contributed by atoms with Crippen LogP contribution in [0.3, 0.4) is 0 Å². The molecule has 1 aromatic rings. The summed E-state index contributed by atoms with van der Waals surface area (Å²) in [4.78, 5) is 0. The predicted molar refractivity (Wildman–Crippen MR) is 84.6 cm³/mol. The first kappa shape index (κ1) is 13.8. The van der Waals surface area contributed by atoms with Gasteiger partial charge in [-0.3, -0.25) is 0 Å². The van der Waals surface area contributed by atoms with Crippen molar-refractivity contribution >= 4 is 33.9 Å². The van der Waals surface area contributed by atoms with Crippen molar-refractivity contribution in [2.75, 3.05) is 6.54 Å². The lowest BCUT2D eigenvalue weighted by Gasteiger charge is -2.33. The third kappa shape index (κ3) is 3.67. The first-order valence-electron chi connectivity index (χ1n) is 6.68. The first-order valence-corrected chi connectivity index (χ1v) is 8.63. The molecule has 1 nitrogen and oxygen atoms in total. The van der Waals surface area contributed by atoms with Crippen molar-refractivity contribution in [2.24, 2.45) is 11.8 Å². The van der Waals surface area contributed by atoms with Crippen molar-refractivity contribution in [3.63, 3.8) is 0 Å². The Labute approximate surface area is 123 Å². The molecule has 0 aromatic carbocycles. The largest absolute Gasteiger partial charge is 0.310 e. The Hall–Kier alpha value is 0.390. The monoisotopic (exact) mass is 363 g/mol. The number of hydrogen-bond donors (Lipinski definition) is 1. The van der Waals surface area contributed by atoms with Gasteiger partial charge in [-0.15, -0.1) is 11.3 Å². The fourth-order valence-electron chi connectivity index (χ4n) is 3.05. The van der Waals surface area contributed by atoms with E-state index in [1.54, 1.807) is 0 Å². The SMILES string of the molecule is CCNC(c1csc(I)c1)C1CCCC(C)C1. The standard InChI is InChI=1S/C14H22INS/c1-3-16-14(12-8-13(15)17-9-12)11-6-4-5-10(2)7-11/h8-11,14,16H,3-7H2,1-2H3. The molecule has 3 heteroatoms. The van der Waals surface area contributed by atoms with Gasteiger partial charge in [-0.2, -0.15) is 0 Å². The van der Waals surface area contributed by atoms with Crippen LogP contribution >= 0.6 is 33.9 Å². The lowest BCUT2D eigenvalue weighted by Crippen LogP contribution is -2.30. The highest BCUT2D eigenvalue weighted by atomic mass is 127. The molecule has 1 aliphatic rings. The van der Waals surface area contributed by atoms with Crippen molar-refractivity contribution < 1.29 is 0 Å². The highest BCUT2D eigenvalue weighted by Gasteiger charge is 2.27. The highest BCUT2D eigenvalue weighted by Crippen LogP contribution is 2.38. The Bertz CT molecular complexity index is 350. The maximum atomic E-state index is 3.71. The van der Waals surface area contributed by atoms with E-state index in [1.807, 2.05) is 11.3 Å². The number of rotatable bonds is 4. The van der Waals surface area contributed by atoms with Crippen molar-refractivity contribution in [1.82, 2.24) is 5.32 Å². The summed E-state index contributed by atoms with van der Waals surface area (Å²) in [7, 11) is 0. The molecular formula is C14H22INS. The van der Waals surface area contributed by atoms with Crippen molar-refractivity contribution in [1.29, 1.82) is 0 Å². The molecule has 1 aromatic heterocycles. The van der Waals surface area contributed by atoms with E-state index in [0.717, 1.165) is 18.4 Å². The van der Waals surface area contributed by atoms with Gasteiger partial charge >= 0.3 is 0 Å². The van der Waals surface area contributed by atoms with Gasteiger partial charge in [-0.1, -0.05) is 26.7 Å². The minimum atomic E-state index is 0.586. The van der Waals surface area contributed by atoms with Crippen LogP contribution in [0.25, 0.3) is 0 Å². The second-order valence-electron chi connectivity index (χ2n) is 5.25. The van der Waals surface area contributed by atoms with Crippen LogP contribution in [0.15, 0.2) is 11.4 Å². The van der Waals surface area contributed by atoms with Crippen LogP contribution in [0.2, 0.25) is 0 Å². The Balaban J connectivity index is 2.10. The van der Waals surface area contributed by atoms with Crippen LogP contribution in [0.1, 0.15) is 51.1 Å².